The van der Waals surface area contributed by atoms with E-state index in [9.17, 15) is 14.4 Å². The van der Waals surface area contributed by atoms with Crippen LogP contribution in [0.25, 0.3) is 0 Å². The molecule has 2 heterocycles. The Labute approximate surface area is 329 Å². The van der Waals surface area contributed by atoms with E-state index in [-0.39, 0.29) is 44.8 Å². The van der Waals surface area contributed by atoms with Crippen LogP contribution in [-0.2, 0) is 52.9 Å². The Hall–Kier alpha value is -3.15. The quantitative estimate of drug-likeness (QED) is 0.115. The van der Waals surface area contributed by atoms with Gasteiger partial charge in [-0.25, -0.2) is 14.8 Å². The number of carbonyl (C=O) groups is 3. The van der Waals surface area contributed by atoms with E-state index in [1.807, 2.05) is 13.8 Å². The Morgan fingerprint density at radius 3 is 1.38 bits per heavy atom. The van der Waals surface area contributed by atoms with Crippen molar-refractivity contribution < 1.29 is 19.1 Å². The molecule has 4 rings (SSSR count). The van der Waals surface area contributed by atoms with Gasteiger partial charge in [0.2, 0.25) is 0 Å². The Kier molecular flexibility index (Phi) is 25.0. The highest BCUT2D eigenvalue weighted by Crippen LogP contribution is 2.15. The van der Waals surface area contributed by atoms with Gasteiger partial charge in [0.05, 0.1) is 39.8 Å². The average molecular weight is 794 g/mol. The molecule has 52 heavy (non-hydrogen) atoms. The number of amides is 1. The average Bonchev–Trinajstić information content (AvgIpc) is 3.71. The van der Waals surface area contributed by atoms with Crippen molar-refractivity contribution in [2.45, 2.75) is 106 Å². The first kappa shape index (κ1) is 48.9. The molecule has 3 N–H and O–H groups in total. The first-order chi connectivity index (χ1) is 23.8. The minimum Gasteiger partial charge on any atom is -0.444 e. The molecule has 0 aliphatic carbocycles. The number of Topliss-reactive ketones (excluding diaryl/α,β-unsaturated/α-hetero) is 2. The molecule has 0 aliphatic heterocycles. The first-order valence-electron chi connectivity index (χ1n) is 16.6. The maximum absolute atomic E-state index is 11.9. The zero-order valence-electron chi connectivity index (χ0n) is 29.7. The van der Waals surface area contributed by atoms with Crippen LogP contribution < -0.4 is 11.1 Å². The minimum atomic E-state index is -0.562. The van der Waals surface area contributed by atoms with Gasteiger partial charge in [-0.2, -0.15) is 0 Å². The number of aryl methyl sites for hydroxylation is 8. The molecule has 1 amide bonds. The lowest BCUT2D eigenvalue weighted by Crippen LogP contribution is -2.35. The number of nitrogens with zero attached hydrogens (tertiary/aromatic N) is 2. The van der Waals surface area contributed by atoms with Gasteiger partial charge in [-0.05, 0) is 95.4 Å². The van der Waals surface area contributed by atoms with Gasteiger partial charge in [0.25, 0.3) is 0 Å². The number of alkyl carbamates (subject to hydrolysis) is 1. The van der Waals surface area contributed by atoms with Crippen molar-refractivity contribution in [2.24, 2.45) is 5.73 Å². The zero-order chi connectivity index (χ0) is 36.9. The van der Waals surface area contributed by atoms with Crippen molar-refractivity contribution in [3.63, 3.8) is 0 Å². The fourth-order valence-electron chi connectivity index (χ4n) is 4.58. The number of rotatable bonds is 15. The van der Waals surface area contributed by atoms with Gasteiger partial charge >= 0.3 is 6.09 Å². The smallest absolute Gasteiger partial charge is 0.408 e. The predicted octanol–water partition coefficient (Wildman–Crippen LogP) is 9.65. The fraction of sp³-hybridized carbons (Fsp3) is 0.475. The number of thiazole rings is 2. The van der Waals surface area contributed by atoms with Crippen LogP contribution in [0, 0.1) is 13.8 Å². The van der Waals surface area contributed by atoms with E-state index < -0.39 is 11.7 Å². The SMILES string of the molecule is C.C.Cc1nc(CCc2ccc(CCC(=O)CN)cc2)cs1.Cc1nc(CCc2ccc(CCC(=O)CNC(=O)OC(C)(C)C)cc2)cs1.ClCCl. The zero-order valence-corrected chi connectivity index (χ0v) is 32.9. The molecule has 0 spiro atoms. The number of alkyl halides is 2. The highest BCUT2D eigenvalue weighted by atomic mass is 35.5. The number of halogens is 2. The molecule has 4 aromatic rings. The number of ketones is 2. The van der Waals surface area contributed by atoms with Gasteiger partial charge in [0.15, 0.2) is 5.78 Å². The summed E-state index contributed by atoms with van der Waals surface area (Å²) in [5, 5.41) is 9.16. The van der Waals surface area contributed by atoms with E-state index in [1.54, 1.807) is 43.4 Å². The molecule has 0 bridgehead atoms. The Balaban J connectivity index is 0.000000927. The van der Waals surface area contributed by atoms with Crippen molar-refractivity contribution in [2.75, 3.05) is 18.4 Å². The molecule has 0 aliphatic rings. The number of aromatic nitrogens is 2. The second kappa shape index (κ2) is 26.6. The molecule has 0 saturated carbocycles. The number of carbonyl (C=O) groups excluding carboxylic acids is 3. The molecular formula is C40H58Cl2N4O4S2. The summed E-state index contributed by atoms with van der Waals surface area (Å²) in [4.78, 5) is 43.6. The number of hydrogen-bond acceptors (Lipinski definition) is 9. The van der Waals surface area contributed by atoms with Crippen LogP contribution in [0.15, 0.2) is 59.3 Å². The van der Waals surface area contributed by atoms with Gasteiger partial charge in [0, 0.05) is 23.6 Å². The van der Waals surface area contributed by atoms with E-state index in [2.05, 4.69) is 74.6 Å². The van der Waals surface area contributed by atoms with Gasteiger partial charge in [-0.3, -0.25) is 9.59 Å². The standard InChI is InChI=1S/C21H28N2O3S.C16H20N2OS.CH2Cl2.2CH4/c1-15-23-18(14-27-15)11-9-16-5-7-17(8-6-16)10-12-19(24)13-22-20(25)26-21(2,3)4;1-12-18-15(11-20-12)8-6-13-2-4-14(5-3-13)7-9-16(19)10-17;2-1-3;;/h5-8,14H,9-13H2,1-4H3,(H,22,25);2-5,11H,6-10,17H2,1H3;1H2;2*1H4. The molecular weight excluding hydrogens is 736 g/mol. The summed E-state index contributed by atoms with van der Waals surface area (Å²) < 4.78 is 5.11. The van der Waals surface area contributed by atoms with Gasteiger partial charge < -0.3 is 15.8 Å². The normalized spacial score (nSPS) is 10.3. The summed E-state index contributed by atoms with van der Waals surface area (Å²) in [6.45, 7) is 9.56. The summed E-state index contributed by atoms with van der Waals surface area (Å²) in [5.41, 5.74) is 11.9. The van der Waals surface area contributed by atoms with Crippen LogP contribution in [0.4, 0.5) is 4.79 Å². The third-order valence-corrected chi connectivity index (χ3v) is 8.80. The maximum Gasteiger partial charge on any atom is 0.408 e. The van der Waals surface area contributed by atoms with Crippen LogP contribution in [0.2, 0.25) is 0 Å². The van der Waals surface area contributed by atoms with Gasteiger partial charge in [-0.15, -0.1) is 45.9 Å². The van der Waals surface area contributed by atoms with Crippen molar-refractivity contribution in [1.82, 2.24) is 15.3 Å². The molecule has 12 heteroatoms. The Morgan fingerprint density at radius 1 is 0.692 bits per heavy atom. The minimum absolute atomic E-state index is 0. The van der Waals surface area contributed by atoms with E-state index in [1.165, 1.54) is 22.4 Å². The summed E-state index contributed by atoms with van der Waals surface area (Å²) in [7, 11) is 0. The van der Waals surface area contributed by atoms with Crippen LogP contribution in [-0.4, -0.2) is 51.7 Å². The lowest BCUT2D eigenvalue weighted by molar-refractivity contribution is -0.118. The molecule has 288 valence electrons. The Morgan fingerprint density at radius 2 is 1.06 bits per heavy atom. The molecule has 0 unspecified atom stereocenters. The maximum atomic E-state index is 11.9. The highest BCUT2D eigenvalue weighted by Gasteiger charge is 2.16. The van der Waals surface area contributed by atoms with Gasteiger partial charge in [0.1, 0.15) is 11.4 Å². The fourth-order valence-corrected chi connectivity index (χ4v) is 5.87. The number of ether oxygens (including phenoxy) is 1. The van der Waals surface area contributed by atoms with E-state index in [0.717, 1.165) is 53.4 Å². The largest absolute Gasteiger partial charge is 0.444 e. The van der Waals surface area contributed by atoms with E-state index in [0.29, 0.717) is 19.3 Å². The molecule has 0 radical (unpaired) electrons. The van der Waals surface area contributed by atoms with Crippen LogP contribution in [0.1, 0.15) is 92.1 Å². The topological polar surface area (TPSA) is 124 Å². The molecule has 8 nitrogen and oxygen atoms in total. The molecule has 2 aromatic heterocycles. The lowest BCUT2D eigenvalue weighted by atomic mass is 10.0. The number of hydrogen-bond donors (Lipinski definition) is 2. The monoisotopic (exact) mass is 792 g/mol. The molecule has 2 aromatic carbocycles. The van der Waals surface area contributed by atoms with E-state index in [4.69, 9.17) is 33.7 Å². The molecule has 0 fully saturated rings. The third-order valence-electron chi connectivity index (χ3n) is 7.16. The summed E-state index contributed by atoms with van der Waals surface area (Å²) in [5.74, 6) is 0.108. The first-order valence-corrected chi connectivity index (χ1v) is 19.4. The van der Waals surface area contributed by atoms with Gasteiger partial charge in [-0.1, -0.05) is 63.4 Å². The van der Waals surface area contributed by atoms with Crippen molar-refractivity contribution in [1.29, 1.82) is 0 Å². The number of nitrogens with one attached hydrogen (secondary N) is 1. The van der Waals surface area contributed by atoms with Crippen LogP contribution in [0.3, 0.4) is 0 Å². The summed E-state index contributed by atoms with van der Waals surface area (Å²) in [6, 6.07) is 16.8. The number of nitrogens with two attached hydrogens (primary N) is 1. The van der Waals surface area contributed by atoms with Crippen molar-refractivity contribution >= 4 is 63.5 Å². The van der Waals surface area contributed by atoms with Crippen LogP contribution >= 0.6 is 45.9 Å². The Bertz CT molecular complexity index is 1580. The predicted molar refractivity (Wildman–Crippen MR) is 221 cm³/mol. The van der Waals surface area contributed by atoms with Crippen molar-refractivity contribution in [3.05, 3.63) is 103 Å². The summed E-state index contributed by atoms with van der Waals surface area (Å²) in [6.07, 6.45) is 5.71. The second-order valence-corrected chi connectivity index (χ2v) is 15.5. The molecule has 0 atom stereocenters. The van der Waals surface area contributed by atoms with Crippen molar-refractivity contribution in [3.8, 4) is 0 Å². The van der Waals surface area contributed by atoms with E-state index >= 15 is 0 Å². The lowest BCUT2D eigenvalue weighted by Gasteiger charge is -2.19. The second-order valence-electron chi connectivity index (χ2n) is 12.6. The number of benzene rings is 2. The van der Waals surface area contributed by atoms with Crippen LogP contribution in [0.5, 0.6) is 0 Å². The highest BCUT2D eigenvalue weighted by molar-refractivity contribution is 7.09. The summed E-state index contributed by atoms with van der Waals surface area (Å²) >= 11 is 12.9. The molecule has 0 saturated heterocycles. The third kappa shape index (κ3) is 22.0.